The first-order valence-electron chi connectivity index (χ1n) is 9.90. The number of allylic oxidation sites excluding steroid dienone is 1. The Morgan fingerprint density at radius 3 is 2.89 bits per heavy atom. The molecule has 1 aromatic heterocycles. The average molecular weight is 416 g/mol. The van der Waals surface area contributed by atoms with Crippen LogP contribution in [0.5, 0.6) is 0 Å². The minimum atomic E-state index is -2.85. The van der Waals surface area contributed by atoms with E-state index in [1.54, 1.807) is 0 Å². The topological polar surface area (TPSA) is 79.7 Å². The second-order valence-corrected chi connectivity index (χ2v) is 8.63. The van der Waals surface area contributed by atoms with Crippen molar-refractivity contribution in [2.24, 2.45) is 11.8 Å². The van der Waals surface area contributed by atoms with E-state index in [0.717, 1.165) is 25.3 Å². The zero-order valence-electron chi connectivity index (χ0n) is 15.9. The molecule has 1 aliphatic heterocycles. The summed E-state index contributed by atoms with van der Waals surface area (Å²) in [6, 6.07) is 0. The van der Waals surface area contributed by atoms with E-state index in [0.29, 0.717) is 24.3 Å². The molecule has 0 unspecified atom stereocenters. The molecular formula is C20H27F2NO4S. The number of aromatic nitrogens is 1. The molecule has 5 atom stereocenters. The first-order chi connectivity index (χ1) is 13.3. The highest BCUT2D eigenvalue weighted by Gasteiger charge is 2.46. The van der Waals surface area contributed by atoms with Crippen molar-refractivity contribution in [1.82, 2.24) is 4.98 Å². The van der Waals surface area contributed by atoms with Crippen molar-refractivity contribution in [3.05, 3.63) is 28.2 Å². The van der Waals surface area contributed by atoms with E-state index < -0.39 is 18.0 Å². The number of ether oxygens (including phenoxy) is 1. The lowest BCUT2D eigenvalue weighted by atomic mass is 9.86. The SMILES string of the molecule is CCCCCC(F)(F)/C=C/[C@@H]1[C@H]2CC[C@H](c3nc(C(=O)O)cs3)O[C@H]2C[C@H]1O. The Bertz CT molecular complexity index is 708. The van der Waals surface area contributed by atoms with Gasteiger partial charge in [-0.15, -0.1) is 11.3 Å². The van der Waals surface area contributed by atoms with Gasteiger partial charge in [0.1, 0.15) is 11.1 Å². The van der Waals surface area contributed by atoms with Crippen molar-refractivity contribution in [2.45, 2.75) is 76.1 Å². The number of carbonyl (C=O) groups is 1. The van der Waals surface area contributed by atoms with Gasteiger partial charge < -0.3 is 14.9 Å². The van der Waals surface area contributed by atoms with Crippen molar-refractivity contribution >= 4 is 17.3 Å². The number of hydrogen-bond acceptors (Lipinski definition) is 5. The first-order valence-corrected chi connectivity index (χ1v) is 10.8. The number of nitrogens with zero attached hydrogens (tertiary/aromatic N) is 1. The van der Waals surface area contributed by atoms with Crippen LogP contribution in [0.4, 0.5) is 8.78 Å². The monoisotopic (exact) mass is 415 g/mol. The van der Waals surface area contributed by atoms with E-state index in [4.69, 9.17) is 9.84 Å². The zero-order valence-corrected chi connectivity index (χ0v) is 16.7. The van der Waals surface area contributed by atoms with Gasteiger partial charge in [-0.3, -0.25) is 0 Å². The van der Waals surface area contributed by atoms with Gasteiger partial charge in [-0.2, -0.15) is 0 Å². The molecule has 2 heterocycles. The number of aromatic carboxylic acids is 1. The van der Waals surface area contributed by atoms with Crippen LogP contribution in [0.25, 0.3) is 0 Å². The molecule has 0 spiro atoms. The zero-order chi connectivity index (χ0) is 20.3. The summed E-state index contributed by atoms with van der Waals surface area (Å²) < 4.78 is 34.2. The van der Waals surface area contributed by atoms with Crippen molar-refractivity contribution < 1.29 is 28.5 Å². The van der Waals surface area contributed by atoms with Crippen molar-refractivity contribution in [1.29, 1.82) is 0 Å². The normalized spacial score (nSPS) is 30.6. The maximum absolute atomic E-state index is 14.0. The standard InChI is InChI=1S/C20H27F2NO4S/c1-2-3-4-8-20(21,22)9-7-12-13-5-6-16(27-17(13)10-15(12)24)18-23-14(11-28-18)19(25)26/h7,9,11-13,15-17,24H,2-6,8,10H2,1H3,(H,25,26)/b9-7+/t12-,13-,15-,16-,17+/m1/s1. The smallest absolute Gasteiger partial charge is 0.355 e. The van der Waals surface area contributed by atoms with Crippen LogP contribution in [0.15, 0.2) is 17.5 Å². The molecule has 8 heteroatoms. The molecule has 1 saturated heterocycles. The molecule has 1 aliphatic carbocycles. The molecule has 1 saturated carbocycles. The number of halogens is 2. The molecule has 0 aromatic carbocycles. The summed E-state index contributed by atoms with van der Waals surface area (Å²) in [5.74, 6) is -4.27. The Labute approximate surface area is 167 Å². The number of thiazole rings is 1. The lowest BCUT2D eigenvalue weighted by Crippen LogP contribution is -2.30. The average Bonchev–Trinajstić information content (AvgIpc) is 3.24. The van der Waals surface area contributed by atoms with Crippen LogP contribution >= 0.6 is 11.3 Å². The fourth-order valence-electron chi connectivity index (χ4n) is 4.19. The Morgan fingerprint density at radius 2 is 2.21 bits per heavy atom. The molecule has 1 aromatic rings. The molecule has 156 valence electrons. The quantitative estimate of drug-likeness (QED) is 0.470. The third kappa shape index (κ3) is 4.96. The second kappa shape index (κ2) is 8.97. The summed E-state index contributed by atoms with van der Waals surface area (Å²) in [6.45, 7) is 1.98. The summed E-state index contributed by atoms with van der Waals surface area (Å²) >= 11 is 1.25. The molecule has 0 amide bonds. The molecule has 0 radical (unpaired) electrons. The van der Waals surface area contributed by atoms with Crippen LogP contribution in [0.2, 0.25) is 0 Å². The van der Waals surface area contributed by atoms with Crippen LogP contribution in [0, 0.1) is 11.8 Å². The van der Waals surface area contributed by atoms with Crippen LogP contribution in [0.1, 0.15) is 73.5 Å². The molecule has 3 rings (SSSR count). The summed E-state index contributed by atoms with van der Waals surface area (Å²) in [5, 5.41) is 21.5. The minimum Gasteiger partial charge on any atom is -0.476 e. The van der Waals surface area contributed by atoms with E-state index in [2.05, 4.69) is 4.98 Å². The number of unbranched alkanes of at least 4 members (excludes halogenated alkanes) is 2. The van der Waals surface area contributed by atoms with Gasteiger partial charge in [-0.25, -0.2) is 18.6 Å². The Hall–Kier alpha value is -1.38. The Balaban J connectivity index is 1.61. The number of carboxylic acid groups (broad SMARTS) is 1. The fraction of sp³-hybridized carbons (Fsp3) is 0.700. The third-order valence-corrected chi connectivity index (χ3v) is 6.62. The number of alkyl halides is 2. The van der Waals surface area contributed by atoms with Gasteiger partial charge in [0.25, 0.3) is 5.92 Å². The van der Waals surface area contributed by atoms with Gasteiger partial charge in [0.15, 0.2) is 5.69 Å². The van der Waals surface area contributed by atoms with Gasteiger partial charge in [-0.1, -0.05) is 25.8 Å². The van der Waals surface area contributed by atoms with Gasteiger partial charge in [0.2, 0.25) is 0 Å². The van der Waals surface area contributed by atoms with E-state index in [1.807, 2.05) is 6.92 Å². The maximum Gasteiger partial charge on any atom is 0.355 e. The van der Waals surface area contributed by atoms with Gasteiger partial charge in [0.05, 0.1) is 12.2 Å². The number of carboxylic acids is 1. The van der Waals surface area contributed by atoms with Crippen molar-refractivity contribution in [3.63, 3.8) is 0 Å². The van der Waals surface area contributed by atoms with Crippen LogP contribution in [-0.2, 0) is 4.74 Å². The minimum absolute atomic E-state index is 0.00305. The molecule has 0 bridgehead atoms. The summed E-state index contributed by atoms with van der Waals surface area (Å²) in [5.41, 5.74) is 0.00305. The van der Waals surface area contributed by atoms with E-state index in [1.165, 1.54) is 22.8 Å². The molecule has 2 aliphatic rings. The van der Waals surface area contributed by atoms with E-state index >= 15 is 0 Å². The highest BCUT2D eigenvalue weighted by molar-refractivity contribution is 7.09. The molecule has 2 N–H and O–H groups in total. The highest BCUT2D eigenvalue weighted by Crippen LogP contribution is 2.46. The van der Waals surface area contributed by atoms with Crippen LogP contribution in [0.3, 0.4) is 0 Å². The maximum atomic E-state index is 14.0. The summed E-state index contributed by atoms with van der Waals surface area (Å²) in [4.78, 5) is 15.1. The number of aliphatic hydroxyl groups is 1. The van der Waals surface area contributed by atoms with Crippen LogP contribution < -0.4 is 0 Å². The van der Waals surface area contributed by atoms with E-state index in [-0.39, 0.29) is 36.2 Å². The Morgan fingerprint density at radius 1 is 1.43 bits per heavy atom. The largest absolute Gasteiger partial charge is 0.476 e. The predicted molar refractivity (Wildman–Crippen MR) is 102 cm³/mol. The Kier molecular flexibility index (Phi) is 6.83. The third-order valence-electron chi connectivity index (χ3n) is 5.68. The number of hydrogen-bond donors (Lipinski definition) is 2. The van der Waals surface area contributed by atoms with Crippen molar-refractivity contribution in [3.8, 4) is 0 Å². The number of fused-ring (bicyclic) bond motifs is 1. The summed E-state index contributed by atoms with van der Waals surface area (Å²) in [6.07, 6.45) is 4.99. The number of aliphatic hydroxyl groups excluding tert-OH is 1. The lowest BCUT2D eigenvalue weighted by molar-refractivity contribution is -0.0768. The van der Waals surface area contributed by atoms with E-state index in [9.17, 15) is 18.7 Å². The molecular weight excluding hydrogens is 388 g/mol. The molecule has 2 fully saturated rings. The molecule has 5 nitrogen and oxygen atoms in total. The predicted octanol–water partition coefficient (Wildman–Crippen LogP) is 4.83. The number of rotatable bonds is 8. The van der Waals surface area contributed by atoms with Crippen molar-refractivity contribution in [2.75, 3.05) is 0 Å². The lowest BCUT2D eigenvalue weighted by Gasteiger charge is -2.33. The second-order valence-electron chi connectivity index (χ2n) is 7.74. The highest BCUT2D eigenvalue weighted by atomic mass is 32.1. The van der Waals surface area contributed by atoms with Gasteiger partial charge >= 0.3 is 5.97 Å². The first kappa shape index (κ1) is 21.3. The van der Waals surface area contributed by atoms with Crippen LogP contribution in [-0.4, -0.2) is 39.3 Å². The summed E-state index contributed by atoms with van der Waals surface area (Å²) in [7, 11) is 0. The molecule has 28 heavy (non-hydrogen) atoms. The van der Waals surface area contributed by atoms with Gasteiger partial charge in [-0.05, 0) is 31.3 Å². The fourth-order valence-corrected chi connectivity index (χ4v) is 5.06. The van der Waals surface area contributed by atoms with Gasteiger partial charge in [0, 0.05) is 24.1 Å².